The van der Waals surface area contributed by atoms with Gasteiger partial charge in [0.25, 0.3) is 6.71 Å². The van der Waals surface area contributed by atoms with Crippen LogP contribution in [0.25, 0.3) is 0 Å². The number of hydrogen-bond acceptors (Lipinski definition) is 3. The molecule has 0 saturated carbocycles. The number of anilines is 9. The number of hydrogen-bond donors (Lipinski definition) is 0. The van der Waals surface area contributed by atoms with Crippen LogP contribution in [0.3, 0.4) is 0 Å². The lowest BCUT2D eigenvalue weighted by atomic mass is 9.33. The second kappa shape index (κ2) is 13.0. The first kappa shape index (κ1) is 37.3. The molecule has 3 heterocycles. The van der Waals surface area contributed by atoms with E-state index in [0.29, 0.717) is 0 Å². The molecule has 292 valence electrons. The zero-order valence-corrected chi connectivity index (χ0v) is 36.3. The Kier molecular flexibility index (Phi) is 8.22. The Hall–Kier alpha value is -6.00. The first-order valence-corrected chi connectivity index (χ1v) is 21.3. The molecule has 0 aromatic heterocycles. The summed E-state index contributed by atoms with van der Waals surface area (Å²) in [6.45, 7) is 23.5. The van der Waals surface area contributed by atoms with Crippen LogP contribution in [0.1, 0.15) is 88.8 Å². The fourth-order valence-corrected chi connectivity index (χ4v) is 10.3. The normalized spacial score (nSPS) is 14.6. The van der Waals surface area contributed by atoms with Crippen molar-refractivity contribution in [2.75, 3.05) is 14.7 Å². The van der Waals surface area contributed by atoms with E-state index in [1.54, 1.807) is 0 Å². The fraction of sp³-hybridized carbons (Fsp3) is 0.236. The molecular weight excluding hydrogens is 713 g/mol. The van der Waals surface area contributed by atoms with Crippen molar-refractivity contribution >= 4 is 74.3 Å². The Morgan fingerprint density at radius 2 is 1.00 bits per heavy atom. The third kappa shape index (κ3) is 5.63. The van der Waals surface area contributed by atoms with Crippen molar-refractivity contribution in [3.8, 4) is 0 Å². The van der Waals surface area contributed by atoms with Crippen LogP contribution in [0.4, 0.5) is 51.2 Å². The van der Waals surface area contributed by atoms with Crippen molar-refractivity contribution in [3.63, 3.8) is 0 Å². The van der Waals surface area contributed by atoms with Gasteiger partial charge in [-0.1, -0.05) is 152 Å². The van der Waals surface area contributed by atoms with E-state index in [2.05, 4.69) is 230 Å². The Labute approximate surface area is 352 Å². The van der Waals surface area contributed by atoms with Crippen LogP contribution in [0.5, 0.6) is 0 Å². The van der Waals surface area contributed by atoms with Crippen LogP contribution in [0.15, 0.2) is 146 Å². The molecule has 7 aromatic rings. The van der Waals surface area contributed by atoms with E-state index < -0.39 is 0 Å². The lowest BCUT2D eigenvalue weighted by Crippen LogP contribution is -2.62. The molecule has 0 fully saturated rings. The number of fused-ring (bicyclic) bond motifs is 6. The fourth-order valence-electron chi connectivity index (χ4n) is 10.3. The van der Waals surface area contributed by atoms with Gasteiger partial charge in [0.2, 0.25) is 0 Å². The van der Waals surface area contributed by atoms with Crippen molar-refractivity contribution in [1.82, 2.24) is 0 Å². The summed E-state index contributed by atoms with van der Waals surface area (Å²) < 4.78 is 0. The molecule has 0 saturated heterocycles. The van der Waals surface area contributed by atoms with Gasteiger partial charge >= 0.3 is 0 Å². The number of benzene rings is 7. The molecule has 0 N–H and O–H groups in total. The maximum atomic E-state index is 2.63. The minimum Gasteiger partial charge on any atom is -0.311 e. The van der Waals surface area contributed by atoms with Gasteiger partial charge in [0.15, 0.2) is 0 Å². The molecule has 3 nitrogen and oxygen atoms in total. The number of rotatable bonds is 4. The van der Waals surface area contributed by atoms with E-state index in [1.807, 2.05) is 0 Å². The van der Waals surface area contributed by atoms with Gasteiger partial charge < -0.3 is 14.7 Å². The van der Waals surface area contributed by atoms with E-state index in [1.165, 1.54) is 83.9 Å². The maximum Gasteiger partial charge on any atom is 0.252 e. The number of nitrogens with zero attached hydrogens (tertiary/aromatic N) is 3. The van der Waals surface area contributed by atoms with Crippen LogP contribution in [0.2, 0.25) is 0 Å². The summed E-state index contributed by atoms with van der Waals surface area (Å²) in [4.78, 5) is 7.68. The summed E-state index contributed by atoms with van der Waals surface area (Å²) in [5.41, 5.74) is 22.8. The van der Waals surface area contributed by atoms with Gasteiger partial charge in [0.1, 0.15) is 0 Å². The highest BCUT2D eigenvalue weighted by Gasteiger charge is 2.49. The molecule has 0 spiro atoms. The van der Waals surface area contributed by atoms with Gasteiger partial charge in [0, 0.05) is 39.5 Å². The molecule has 0 radical (unpaired) electrons. The predicted molar refractivity (Wildman–Crippen MR) is 254 cm³/mol. The van der Waals surface area contributed by atoms with Crippen molar-refractivity contribution in [3.05, 3.63) is 179 Å². The topological polar surface area (TPSA) is 9.72 Å². The SMILES string of the molecule is Cc1cc(C(C)(C)C)cc(C)c1N1c2ccc(C(C)(C)C)cc2B2c3cccc4c3N(c3ccccc3C4(C)C)c3cc(N(c4ccccc4)c4ccccc4)cc1c32. The largest absolute Gasteiger partial charge is 0.311 e. The third-order valence-electron chi connectivity index (χ3n) is 13.3. The molecule has 10 rings (SSSR count). The van der Waals surface area contributed by atoms with Crippen molar-refractivity contribution in [2.24, 2.45) is 0 Å². The molecule has 0 bridgehead atoms. The molecule has 4 heteroatoms. The maximum absolute atomic E-state index is 2.63. The van der Waals surface area contributed by atoms with Gasteiger partial charge in [-0.05, 0) is 123 Å². The molecule has 3 aliphatic rings. The van der Waals surface area contributed by atoms with Gasteiger partial charge in [0.05, 0.1) is 17.1 Å². The Bertz CT molecular complexity index is 2740. The van der Waals surface area contributed by atoms with E-state index in [-0.39, 0.29) is 23.0 Å². The molecule has 0 aliphatic carbocycles. The van der Waals surface area contributed by atoms with Crippen molar-refractivity contribution < 1.29 is 0 Å². The first-order valence-electron chi connectivity index (χ1n) is 21.3. The highest BCUT2D eigenvalue weighted by molar-refractivity contribution is 7.00. The van der Waals surface area contributed by atoms with Crippen molar-refractivity contribution in [1.29, 1.82) is 0 Å². The molecule has 3 aliphatic heterocycles. The van der Waals surface area contributed by atoms with Gasteiger partial charge in [-0.2, -0.15) is 0 Å². The van der Waals surface area contributed by atoms with E-state index >= 15 is 0 Å². The lowest BCUT2D eigenvalue weighted by molar-refractivity contribution is 0.589. The van der Waals surface area contributed by atoms with Gasteiger partial charge in [-0.15, -0.1) is 0 Å². The smallest absolute Gasteiger partial charge is 0.252 e. The van der Waals surface area contributed by atoms with E-state index in [4.69, 9.17) is 0 Å². The quantitative estimate of drug-likeness (QED) is 0.165. The summed E-state index contributed by atoms with van der Waals surface area (Å²) in [6.07, 6.45) is 0. The van der Waals surface area contributed by atoms with Crippen LogP contribution in [-0.2, 0) is 16.2 Å². The second-order valence-electron chi connectivity index (χ2n) is 19.6. The molecule has 59 heavy (non-hydrogen) atoms. The Balaban J connectivity index is 1.38. The third-order valence-corrected chi connectivity index (χ3v) is 13.3. The minimum atomic E-state index is -0.184. The molecule has 0 amide bonds. The molecule has 0 atom stereocenters. The average Bonchev–Trinajstić information content (AvgIpc) is 3.20. The Morgan fingerprint density at radius 3 is 1.59 bits per heavy atom. The molecular formula is C55H54BN3. The summed E-state index contributed by atoms with van der Waals surface area (Å²) in [5.74, 6) is 0. The lowest BCUT2D eigenvalue weighted by Gasteiger charge is -2.50. The van der Waals surface area contributed by atoms with Gasteiger partial charge in [-0.3, -0.25) is 0 Å². The minimum absolute atomic E-state index is 0.0172. The Morgan fingerprint density at radius 1 is 0.458 bits per heavy atom. The van der Waals surface area contributed by atoms with Crippen LogP contribution < -0.4 is 31.1 Å². The van der Waals surface area contributed by atoms with Crippen molar-refractivity contribution in [2.45, 2.75) is 85.5 Å². The zero-order valence-electron chi connectivity index (χ0n) is 36.3. The number of aryl methyl sites for hydroxylation is 2. The van der Waals surface area contributed by atoms with Crippen LogP contribution >= 0.6 is 0 Å². The van der Waals surface area contributed by atoms with E-state index in [9.17, 15) is 0 Å². The van der Waals surface area contributed by atoms with E-state index in [0.717, 1.165) is 17.1 Å². The first-order chi connectivity index (χ1) is 28.1. The number of para-hydroxylation sites is 4. The summed E-state index contributed by atoms with van der Waals surface area (Å²) in [6, 6.07) is 55.1. The summed E-state index contributed by atoms with van der Waals surface area (Å²) in [7, 11) is 0. The molecule has 0 unspecified atom stereocenters. The highest BCUT2D eigenvalue weighted by Crippen LogP contribution is 2.55. The predicted octanol–water partition coefficient (Wildman–Crippen LogP) is 13.1. The zero-order chi connectivity index (χ0) is 41.2. The molecule has 7 aromatic carbocycles. The summed E-state index contributed by atoms with van der Waals surface area (Å²) in [5, 5.41) is 0. The second-order valence-corrected chi connectivity index (χ2v) is 19.6. The van der Waals surface area contributed by atoms with Crippen LogP contribution in [0, 0.1) is 13.8 Å². The standard InChI is InChI=1S/C55H54BN3/c1-35-30-38(54(6,7)8)31-36(2)51(35)59-47-29-28-37(53(3,4)5)32-45(47)56-44-26-19-25-43-52(44)58(46-27-18-17-24-42(46)55(43,9)10)48-33-41(34-49(59)50(48)56)57(39-20-13-11-14-21-39)40-22-15-12-16-23-40/h11-34H,1-10H3. The van der Waals surface area contributed by atoms with Crippen LogP contribution in [-0.4, -0.2) is 6.71 Å². The average molecular weight is 768 g/mol. The van der Waals surface area contributed by atoms with Gasteiger partial charge in [-0.25, -0.2) is 0 Å². The highest BCUT2D eigenvalue weighted by atomic mass is 15.2. The monoisotopic (exact) mass is 767 g/mol. The summed E-state index contributed by atoms with van der Waals surface area (Å²) >= 11 is 0.